The zero-order valence-corrected chi connectivity index (χ0v) is 27.0. The molecular formula is C35H52N4O6. The van der Waals surface area contributed by atoms with Crippen molar-refractivity contribution in [2.75, 3.05) is 44.7 Å². The van der Waals surface area contributed by atoms with Crippen molar-refractivity contribution in [1.82, 2.24) is 15.1 Å². The molecule has 2 bridgehead atoms. The molecule has 5 N–H and O–H groups in total. The number of benzene rings is 1. The van der Waals surface area contributed by atoms with E-state index >= 15 is 0 Å². The van der Waals surface area contributed by atoms with Crippen molar-refractivity contribution in [1.29, 1.82) is 0 Å². The number of aliphatic hydroxyl groups excluding tert-OH is 4. The van der Waals surface area contributed by atoms with Crippen LogP contribution in [0.1, 0.15) is 64.2 Å². The van der Waals surface area contributed by atoms with Crippen LogP contribution in [0.4, 0.5) is 5.69 Å². The van der Waals surface area contributed by atoms with E-state index in [4.69, 9.17) is 4.42 Å². The van der Waals surface area contributed by atoms with Gasteiger partial charge >= 0.3 is 0 Å². The van der Waals surface area contributed by atoms with Crippen molar-refractivity contribution in [3.05, 3.63) is 54.5 Å². The third-order valence-electron chi connectivity index (χ3n) is 11.9. The fraction of sp³-hybridized carbons (Fsp3) is 0.686. The van der Waals surface area contributed by atoms with Crippen LogP contribution in [0.5, 0.6) is 0 Å². The number of nitrogens with one attached hydrogen (secondary N) is 1. The molecule has 7 rings (SSSR count). The second-order valence-electron chi connectivity index (χ2n) is 14.5. The van der Waals surface area contributed by atoms with Crippen molar-refractivity contribution in [3.8, 4) is 0 Å². The minimum atomic E-state index is -1.56. The molecule has 5 aliphatic rings. The molecule has 1 spiro atoms. The number of amides is 1. The fourth-order valence-corrected chi connectivity index (χ4v) is 9.31. The highest BCUT2D eigenvalue weighted by molar-refractivity contribution is 5.94. The summed E-state index contributed by atoms with van der Waals surface area (Å²) in [6, 6.07) is 13.2. The number of furan rings is 1. The van der Waals surface area contributed by atoms with E-state index in [1.807, 2.05) is 18.0 Å². The highest BCUT2D eigenvalue weighted by atomic mass is 16.4. The Hall–Kier alpha value is -2.47. The topological polar surface area (TPSA) is 133 Å². The van der Waals surface area contributed by atoms with E-state index in [1.54, 1.807) is 12.1 Å². The lowest BCUT2D eigenvalue weighted by atomic mass is 9.45. The van der Waals surface area contributed by atoms with Gasteiger partial charge in [-0.15, -0.1) is 0 Å². The van der Waals surface area contributed by atoms with Gasteiger partial charge < -0.3 is 40.0 Å². The molecule has 0 radical (unpaired) electrons. The molecule has 45 heavy (non-hydrogen) atoms. The minimum Gasteiger partial charge on any atom is -0.468 e. The monoisotopic (exact) mass is 624 g/mol. The van der Waals surface area contributed by atoms with E-state index in [0.29, 0.717) is 37.1 Å². The molecule has 1 aromatic heterocycles. The number of aliphatic hydroxyl groups is 4. The van der Waals surface area contributed by atoms with Crippen molar-refractivity contribution in [2.24, 2.45) is 23.2 Å². The molecule has 2 saturated heterocycles. The number of nitrogens with zero attached hydrogens (tertiary/aromatic N) is 3. The molecule has 1 aromatic carbocycles. The van der Waals surface area contributed by atoms with E-state index in [-0.39, 0.29) is 17.5 Å². The number of para-hydroxylation sites is 1. The Labute approximate surface area is 267 Å². The highest BCUT2D eigenvalue weighted by Gasteiger charge is 2.64. The lowest BCUT2D eigenvalue weighted by molar-refractivity contribution is -0.142. The number of carbonyl (C=O) groups excluding carboxylic acids is 1. The van der Waals surface area contributed by atoms with Crippen LogP contribution < -0.4 is 10.2 Å². The summed E-state index contributed by atoms with van der Waals surface area (Å²) >= 11 is 0. The van der Waals surface area contributed by atoms with Gasteiger partial charge in [-0.05, 0) is 100 Å². The number of piperidine rings is 1. The van der Waals surface area contributed by atoms with Crippen molar-refractivity contribution in [3.63, 3.8) is 0 Å². The standard InChI is InChI=1S/C35H52N4O6/c1-34(2)23-12-13-25(26(34)21-23)32-38(33(44)35(14-16-36-17-15-35)39(32)24-9-5-4-6-10-24)19-8-18-37(3)29(28-11-7-20-45-28)31(43)30(42)27(41)22-40/h4-7,9-11,20,23,25-27,29-32,36,40-43H,8,12-19,21-22H2,1-3H3. The van der Waals surface area contributed by atoms with E-state index in [9.17, 15) is 25.2 Å². The molecule has 3 saturated carbocycles. The normalized spacial score (nSPS) is 29.9. The number of likely N-dealkylation sites (N-methyl/N-ethyl adjacent to an activating group) is 1. The molecule has 2 aliphatic heterocycles. The Morgan fingerprint density at radius 3 is 2.40 bits per heavy atom. The molecule has 8 atom stereocenters. The molecule has 3 aliphatic carbocycles. The number of hydrogen-bond donors (Lipinski definition) is 5. The molecule has 3 heterocycles. The van der Waals surface area contributed by atoms with Crippen LogP contribution in [0.3, 0.4) is 0 Å². The first-order chi connectivity index (χ1) is 21.6. The Bertz CT molecular complexity index is 1270. The quantitative estimate of drug-likeness (QED) is 0.242. The summed E-state index contributed by atoms with van der Waals surface area (Å²) in [6.45, 7) is 6.88. The maximum atomic E-state index is 14.8. The van der Waals surface area contributed by atoms with Gasteiger partial charge in [0.1, 0.15) is 35.8 Å². The lowest BCUT2D eigenvalue weighted by Crippen LogP contribution is -2.62. The highest BCUT2D eigenvalue weighted by Crippen LogP contribution is 2.63. The Balaban J connectivity index is 1.28. The van der Waals surface area contributed by atoms with Crippen LogP contribution >= 0.6 is 0 Å². The zero-order chi connectivity index (χ0) is 31.9. The second kappa shape index (κ2) is 13.0. The molecule has 10 heteroatoms. The summed E-state index contributed by atoms with van der Waals surface area (Å²) in [5.74, 6) is 2.40. The van der Waals surface area contributed by atoms with Gasteiger partial charge in [-0.25, -0.2) is 0 Å². The minimum absolute atomic E-state index is 0.0261. The number of anilines is 1. The average molecular weight is 625 g/mol. The summed E-state index contributed by atoms with van der Waals surface area (Å²) in [7, 11) is 1.85. The predicted molar refractivity (Wildman–Crippen MR) is 171 cm³/mol. The predicted octanol–water partition coefficient (Wildman–Crippen LogP) is 2.59. The van der Waals surface area contributed by atoms with Crippen molar-refractivity contribution in [2.45, 2.75) is 88.4 Å². The first kappa shape index (κ1) is 32.5. The first-order valence-corrected chi connectivity index (χ1v) is 16.9. The second-order valence-corrected chi connectivity index (χ2v) is 14.5. The van der Waals surface area contributed by atoms with E-state index in [0.717, 1.165) is 44.0 Å². The van der Waals surface area contributed by atoms with Gasteiger partial charge in [0.25, 0.3) is 0 Å². The molecule has 5 fully saturated rings. The Morgan fingerprint density at radius 2 is 1.78 bits per heavy atom. The summed E-state index contributed by atoms with van der Waals surface area (Å²) in [4.78, 5) is 21.4. The summed E-state index contributed by atoms with van der Waals surface area (Å²) in [5, 5.41) is 44.6. The van der Waals surface area contributed by atoms with Crippen molar-refractivity contribution < 1.29 is 29.6 Å². The molecule has 8 unspecified atom stereocenters. The molecule has 248 valence electrons. The van der Waals surface area contributed by atoms with E-state index in [2.05, 4.69) is 53.2 Å². The molecule has 2 aromatic rings. The number of carbonyl (C=O) groups is 1. The fourth-order valence-electron chi connectivity index (χ4n) is 9.31. The van der Waals surface area contributed by atoms with Gasteiger partial charge in [0.05, 0.1) is 18.9 Å². The van der Waals surface area contributed by atoms with Crippen LogP contribution in [-0.2, 0) is 4.79 Å². The SMILES string of the molecule is CN(CCCN1C(=O)C2(CCNCC2)N(c2ccccc2)C1C1CCC2CC1C2(C)C)C(c1ccco1)C(O)C(O)C(O)CO. The van der Waals surface area contributed by atoms with Gasteiger partial charge in [0.2, 0.25) is 5.91 Å². The van der Waals surface area contributed by atoms with Gasteiger partial charge in [-0.3, -0.25) is 9.69 Å². The zero-order valence-electron chi connectivity index (χ0n) is 27.0. The van der Waals surface area contributed by atoms with Crippen LogP contribution in [0.25, 0.3) is 0 Å². The third-order valence-corrected chi connectivity index (χ3v) is 11.9. The Kier molecular flexibility index (Phi) is 9.36. The van der Waals surface area contributed by atoms with Crippen LogP contribution in [-0.4, -0.2) is 106 Å². The molecule has 1 amide bonds. The lowest BCUT2D eigenvalue weighted by Gasteiger charge is -2.62. The number of fused-ring (bicyclic) bond motifs is 2. The van der Waals surface area contributed by atoms with Crippen molar-refractivity contribution >= 4 is 11.6 Å². The summed E-state index contributed by atoms with van der Waals surface area (Å²) in [6.07, 6.45) is 2.82. The number of rotatable bonds is 12. The first-order valence-electron chi connectivity index (χ1n) is 16.9. The largest absolute Gasteiger partial charge is 0.468 e. The van der Waals surface area contributed by atoms with Crippen LogP contribution in [0.15, 0.2) is 53.1 Å². The van der Waals surface area contributed by atoms with Gasteiger partial charge in [-0.1, -0.05) is 32.0 Å². The van der Waals surface area contributed by atoms with Crippen LogP contribution in [0, 0.1) is 23.2 Å². The Morgan fingerprint density at radius 1 is 1.04 bits per heavy atom. The van der Waals surface area contributed by atoms with Crippen LogP contribution in [0.2, 0.25) is 0 Å². The molecular weight excluding hydrogens is 572 g/mol. The van der Waals surface area contributed by atoms with E-state index in [1.165, 1.54) is 19.1 Å². The average Bonchev–Trinajstić information content (AvgIpc) is 3.66. The number of hydrogen-bond acceptors (Lipinski definition) is 9. The van der Waals surface area contributed by atoms with Gasteiger partial charge in [0, 0.05) is 24.7 Å². The smallest absolute Gasteiger partial charge is 0.250 e. The molecule has 10 nitrogen and oxygen atoms in total. The summed E-state index contributed by atoms with van der Waals surface area (Å²) < 4.78 is 5.63. The van der Waals surface area contributed by atoms with Gasteiger partial charge in [-0.2, -0.15) is 0 Å². The van der Waals surface area contributed by atoms with Gasteiger partial charge in [0.15, 0.2) is 0 Å². The third kappa shape index (κ3) is 5.61. The van der Waals surface area contributed by atoms with E-state index < -0.39 is 36.5 Å². The summed E-state index contributed by atoms with van der Waals surface area (Å²) in [5.41, 5.74) is 0.816. The maximum absolute atomic E-state index is 14.8. The maximum Gasteiger partial charge on any atom is 0.250 e.